The van der Waals surface area contributed by atoms with Crippen molar-refractivity contribution in [3.05, 3.63) is 28.2 Å². The van der Waals surface area contributed by atoms with Gasteiger partial charge in [0.15, 0.2) is 0 Å². The van der Waals surface area contributed by atoms with Gasteiger partial charge in [-0.25, -0.2) is 0 Å². The van der Waals surface area contributed by atoms with Gasteiger partial charge >= 0.3 is 0 Å². The van der Waals surface area contributed by atoms with Crippen molar-refractivity contribution in [1.82, 2.24) is 0 Å². The van der Waals surface area contributed by atoms with E-state index in [1.165, 1.54) is 5.56 Å². The molecule has 1 rings (SSSR count). The van der Waals surface area contributed by atoms with E-state index in [2.05, 4.69) is 34.6 Å². The molecule has 0 aliphatic carbocycles. The minimum atomic E-state index is 0.912. The average molecular weight is 261 g/mol. The highest BCUT2D eigenvalue weighted by Gasteiger charge is 2.02. The van der Waals surface area contributed by atoms with Crippen LogP contribution in [0.5, 0.6) is 5.75 Å². The van der Waals surface area contributed by atoms with E-state index in [1.807, 2.05) is 12.1 Å². The summed E-state index contributed by atoms with van der Waals surface area (Å²) >= 11 is 7.63. The zero-order valence-corrected chi connectivity index (χ0v) is 10.1. The lowest BCUT2D eigenvalue weighted by molar-refractivity contribution is 0.409. The molecule has 3 heteroatoms. The van der Waals surface area contributed by atoms with E-state index in [9.17, 15) is 0 Å². The fourth-order valence-corrected chi connectivity index (χ4v) is 1.78. The molecule has 0 saturated heterocycles. The van der Waals surface area contributed by atoms with Crippen molar-refractivity contribution in [2.75, 3.05) is 12.9 Å². The van der Waals surface area contributed by atoms with E-state index in [1.54, 1.807) is 7.11 Å². The second-order valence-electron chi connectivity index (χ2n) is 2.78. The third kappa shape index (κ3) is 3.24. The molecule has 0 atom stereocenters. The molecule has 0 heterocycles. The number of ether oxygens (including phenoxy) is 1. The lowest BCUT2D eigenvalue weighted by Crippen LogP contribution is -1.92. The van der Waals surface area contributed by atoms with Crippen LogP contribution >= 0.6 is 28.6 Å². The largest absolute Gasteiger partial charge is 0.496 e. The van der Waals surface area contributed by atoms with Crippen molar-refractivity contribution >= 4 is 28.6 Å². The Kier molecular flexibility index (Phi) is 4.67. The molecule has 0 aromatic heterocycles. The van der Waals surface area contributed by atoms with Crippen molar-refractivity contribution in [3.8, 4) is 5.75 Å². The Labute approximate surface area is 93.0 Å². The number of hydrogen-bond donors (Lipinski definition) is 1. The van der Waals surface area contributed by atoms with Gasteiger partial charge < -0.3 is 4.74 Å². The maximum Gasteiger partial charge on any atom is 0.122 e. The fourth-order valence-electron chi connectivity index (χ4n) is 1.21. The quantitative estimate of drug-likeness (QED) is 0.818. The van der Waals surface area contributed by atoms with Crippen molar-refractivity contribution in [2.24, 2.45) is 0 Å². The van der Waals surface area contributed by atoms with E-state index in [4.69, 9.17) is 4.74 Å². The van der Waals surface area contributed by atoms with Crippen LogP contribution < -0.4 is 4.74 Å². The normalized spacial score (nSPS) is 10.1. The Morgan fingerprint density at radius 3 is 2.85 bits per heavy atom. The Hall–Kier alpha value is -0.150. The number of thiol groups is 1. The van der Waals surface area contributed by atoms with Crippen molar-refractivity contribution in [2.45, 2.75) is 12.8 Å². The van der Waals surface area contributed by atoms with Crippen LogP contribution in [0.15, 0.2) is 22.7 Å². The lowest BCUT2D eigenvalue weighted by Gasteiger charge is -2.07. The predicted molar refractivity (Wildman–Crippen MR) is 62.9 cm³/mol. The Bertz CT molecular complexity index is 276. The van der Waals surface area contributed by atoms with Gasteiger partial charge in [-0.1, -0.05) is 15.9 Å². The molecule has 0 fully saturated rings. The van der Waals surface area contributed by atoms with E-state index in [0.29, 0.717) is 0 Å². The topological polar surface area (TPSA) is 9.23 Å². The first-order valence-corrected chi connectivity index (χ1v) is 5.63. The van der Waals surface area contributed by atoms with E-state index in [-0.39, 0.29) is 0 Å². The summed E-state index contributed by atoms with van der Waals surface area (Å²) in [5.41, 5.74) is 1.24. The summed E-state index contributed by atoms with van der Waals surface area (Å²) < 4.78 is 6.35. The van der Waals surface area contributed by atoms with Gasteiger partial charge in [-0.2, -0.15) is 12.6 Å². The summed E-state index contributed by atoms with van der Waals surface area (Å²) in [4.78, 5) is 0. The molecule has 0 amide bonds. The zero-order chi connectivity index (χ0) is 9.68. The highest BCUT2D eigenvalue weighted by Crippen LogP contribution is 2.24. The van der Waals surface area contributed by atoms with Gasteiger partial charge in [-0.3, -0.25) is 0 Å². The van der Waals surface area contributed by atoms with Gasteiger partial charge in [0.1, 0.15) is 5.75 Å². The summed E-state index contributed by atoms with van der Waals surface area (Å²) in [6.07, 6.45) is 2.10. The highest BCUT2D eigenvalue weighted by molar-refractivity contribution is 9.10. The monoisotopic (exact) mass is 260 g/mol. The molecule has 1 aromatic carbocycles. The molecule has 0 spiro atoms. The third-order valence-electron chi connectivity index (χ3n) is 1.85. The molecular weight excluding hydrogens is 248 g/mol. The van der Waals surface area contributed by atoms with Crippen LogP contribution in [0.25, 0.3) is 0 Å². The molecule has 1 aromatic rings. The first kappa shape index (κ1) is 10.9. The minimum Gasteiger partial charge on any atom is -0.496 e. The molecule has 0 radical (unpaired) electrons. The molecule has 0 bridgehead atoms. The van der Waals surface area contributed by atoms with E-state index >= 15 is 0 Å². The first-order valence-electron chi connectivity index (χ1n) is 4.21. The van der Waals surface area contributed by atoms with E-state index in [0.717, 1.165) is 28.8 Å². The second kappa shape index (κ2) is 5.55. The molecule has 0 unspecified atom stereocenters. The summed E-state index contributed by atoms with van der Waals surface area (Å²) in [6, 6.07) is 6.07. The Morgan fingerprint density at radius 1 is 1.46 bits per heavy atom. The van der Waals surface area contributed by atoms with Crippen molar-refractivity contribution < 1.29 is 4.74 Å². The highest BCUT2D eigenvalue weighted by atomic mass is 79.9. The van der Waals surface area contributed by atoms with Crippen molar-refractivity contribution in [1.29, 1.82) is 0 Å². The fraction of sp³-hybridized carbons (Fsp3) is 0.400. The number of benzene rings is 1. The maximum absolute atomic E-state index is 5.25. The lowest BCUT2D eigenvalue weighted by atomic mass is 10.1. The standard InChI is InChI=1S/C10H13BrOS/c1-12-10-5-4-9(11)7-8(10)3-2-6-13/h4-5,7,13H,2-3,6H2,1H3. The maximum atomic E-state index is 5.25. The number of aryl methyl sites for hydroxylation is 1. The van der Waals surface area contributed by atoms with Crippen LogP contribution in [-0.2, 0) is 6.42 Å². The third-order valence-corrected chi connectivity index (χ3v) is 2.66. The number of methoxy groups -OCH3 is 1. The molecular formula is C10H13BrOS. The Morgan fingerprint density at radius 2 is 2.23 bits per heavy atom. The van der Waals surface area contributed by atoms with Crippen LogP contribution in [0.1, 0.15) is 12.0 Å². The minimum absolute atomic E-state index is 0.912. The molecule has 0 aliphatic heterocycles. The summed E-state index contributed by atoms with van der Waals surface area (Å²) in [7, 11) is 1.70. The van der Waals surface area contributed by atoms with Crippen LogP contribution in [0.3, 0.4) is 0 Å². The first-order chi connectivity index (χ1) is 6.27. The van der Waals surface area contributed by atoms with Crippen molar-refractivity contribution in [3.63, 3.8) is 0 Å². The van der Waals surface area contributed by atoms with Crippen LogP contribution in [0.4, 0.5) is 0 Å². The van der Waals surface area contributed by atoms with Gasteiger partial charge in [0.25, 0.3) is 0 Å². The smallest absolute Gasteiger partial charge is 0.122 e. The molecule has 13 heavy (non-hydrogen) atoms. The number of halogens is 1. The molecule has 0 aliphatic rings. The number of hydrogen-bond acceptors (Lipinski definition) is 2. The van der Waals surface area contributed by atoms with Gasteiger partial charge in [0, 0.05) is 4.47 Å². The summed E-state index contributed by atoms with van der Waals surface area (Å²) in [6.45, 7) is 0. The zero-order valence-electron chi connectivity index (χ0n) is 7.59. The molecule has 72 valence electrons. The second-order valence-corrected chi connectivity index (χ2v) is 4.15. The van der Waals surface area contributed by atoms with Crippen LogP contribution in [0, 0.1) is 0 Å². The number of rotatable bonds is 4. The molecule has 1 nitrogen and oxygen atoms in total. The average Bonchev–Trinajstić information content (AvgIpc) is 2.15. The summed E-state index contributed by atoms with van der Waals surface area (Å²) in [5, 5.41) is 0. The molecule has 0 N–H and O–H groups in total. The van der Waals surface area contributed by atoms with Gasteiger partial charge in [-0.15, -0.1) is 0 Å². The Balaban J connectivity index is 2.81. The summed E-state index contributed by atoms with van der Waals surface area (Å²) in [5.74, 6) is 1.88. The van der Waals surface area contributed by atoms with Gasteiger partial charge in [-0.05, 0) is 42.4 Å². The van der Waals surface area contributed by atoms with Gasteiger partial charge in [0.05, 0.1) is 7.11 Å². The van der Waals surface area contributed by atoms with Gasteiger partial charge in [0.2, 0.25) is 0 Å². The van der Waals surface area contributed by atoms with E-state index < -0.39 is 0 Å². The predicted octanol–water partition coefficient (Wildman–Crippen LogP) is 3.32. The van der Waals surface area contributed by atoms with Crippen LogP contribution in [-0.4, -0.2) is 12.9 Å². The van der Waals surface area contributed by atoms with Crippen LogP contribution in [0.2, 0.25) is 0 Å². The molecule has 0 saturated carbocycles. The SMILES string of the molecule is COc1ccc(Br)cc1CCCS.